The van der Waals surface area contributed by atoms with E-state index in [1.54, 1.807) is 17.1 Å². The molecule has 3 aliphatic carbocycles. The van der Waals surface area contributed by atoms with Crippen LogP contribution >= 0.6 is 0 Å². The lowest BCUT2D eigenvalue weighted by Crippen LogP contribution is -2.50. The second-order valence-electron chi connectivity index (χ2n) is 8.89. The molecule has 2 aromatic heterocycles. The van der Waals surface area contributed by atoms with E-state index in [1.165, 1.54) is 6.20 Å². The van der Waals surface area contributed by atoms with Crippen molar-refractivity contribution in [2.45, 2.75) is 38.6 Å². The average Bonchev–Trinajstić information content (AvgIpc) is 3.27. The third-order valence-electron chi connectivity index (χ3n) is 6.96. The second kappa shape index (κ2) is 8.10. The van der Waals surface area contributed by atoms with Crippen molar-refractivity contribution < 1.29 is 9.53 Å². The summed E-state index contributed by atoms with van der Waals surface area (Å²) in [5, 5.41) is 15.0. The minimum absolute atomic E-state index is 0.0178. The zero-order chi connectivity index (χ0) is 21.4. The minimum atomic E-state index is -0.108. The van der Waals surface area contributed by atoms with Gasteiger partial charge in [-0.05, 0) is 61.6 Å². The van der Waals surface area contributed by atoms with Crippen LogP contribution < -0.4 is 4.74 Å². The number of carbonyl (C=O) groups excluding carboxylic acids is 1. The topological polar surface area (TPSA) is 91.5 Å². The molecule has 6 rings (SSSR count). The van der Waals surface area contributed by atoms with E-state index in [-0.39, 0.29) is 17.9 Å². The summed E-state index contributed by atoms with van der Waals surface area (Å²) < 4.78 is 5.91. The predicted molar refractivity (Wildman–Crippen MR) is 114 cm³/mol. The molecule has 1 aliphatic heterocycles. The molecule has 0 aromatic carbocycles. The van der Waals surface area contributed by atoms with Crippen LogP contribution in [0.4, 0.5) is 0 Å². The van der Waals surface area contributed by atoms with E-state index in [0.29, 0.717) is 42.2 Å². The fourth-order valence-electron chi connectivity index (χ4n) is 5.08. The standard InChI is InChI=1S/C24H25N5O2/c1-15-2-4-21(26-12-15)22-6-7-28-29(22)24(30)20-10-19(17-8-18(20)9-17)14-31-23-5-3-16(11-25)13-27-23/h2-5,7,12-13,17-20,22H,6,8-10,14H2,1H3. The van der Waals surface area contributed by atoms with Crippen molar-refractivity contribution in [3.63, 3.8) is 0 Å². The number of hydrogen-bond acceptors (Lipinski definition) is 6. The number of amides is 1. The summed E-state index contributed by atoms with van der Waals surface area (Å²) in [7, 11) is 0. The summed E-state index contributed by atoms with van der Waals surface area (Å²) in [5.74, 6) is 2.02. The lowest BCUT2D eigenvalue weighted by Gasteiger charge is -2.51. The van der Waals surface area contributed by atoms with Gasteiger partial charge in [0.15, 0.2) is 0 Å². The van der Waals surface area contributed by atoms with Gasteiger partial charge in [0.1, 0.15) is 12.1 Å². The zero-order valence-electron chi connectivity index (χ0n) is 17.5. The molecule has 1 amide bonds. The number of nitriles is 1. The number of carbonyl (C=O) groups is 1. The third-order valence-corrected chi connectivity index (χ3v) is 6.96. The predicted octanol–water partition coefficient (Wildman–Crippen LogP) is 3.66. The SMILES string of the molecule is Cc1ccc(C2CC=NN2C(=O)C2CC(COc3ccc(C#N)cn3)C3CC2C3)nc1. The molecule has 2 aromatic rings. The van der Waals surface area contributed by atoms with Gasteiger partial charge in [-0.2, -0.15) is 10.4 Å². The number of hydrogen-bond donors (Lipinski definition) is 0. The lowest BCUT2D eigenvalue weighted by molar-refractivity contribution is -0.148. The van der Waals surface area contributed by atoms with Gasteiger partial charge in [-0.25, -0.2) is 9.99 Å². The summed E-state index contributed by atoms with van der Waals surface area (Å²) in [6.45, 7) is 2.56. The molecule has 3 atom stereocenters. The number of nitrogens with zero attached hydrogens (tertiary/aromatic N) is 5. The number of ether oxygens (including phenoxy) is 1. The first kappa shape index (κ1) is 19.7. The number of pyridine rings is 2. The van der Waals surface area contributed by atoms with Gasteiger partial charge < -0.3 is 4.74 Å². The van der Waals surface area contributed by atoms with E-state index in [4.69, 9.17) is 10.00 Å². The van der Waals surface area contributed by atoms with Gasteiger partial charge in [-0.15, -0.1) is 0 Å². The molecule has 7 heteroatoms. The van der Waals surface area contributed by atoms with Crippen LogP contribution in [0, 0.1) is 41.9 Å². The number of aryl methyl sites for hydroxylation is 1. The van der Waals surface area contributed by atoms with E-state index >= 15 is 0 Å². The third kappa shape index (κ3) is 3.78. The molecule has 3 heterocycles. The summed E-state index contributed by atoms with van der Waals surface area (Å²) >= 11 is 0. The first-order valence-electron chi connectivity index (χ1n) is 10.9. The Labute approximate surface area is 181 Å². The fraction of sp³-hybridized carbons (Fsp3) is 0.458. The smallest absolute Gasteiger partial charge is 0.246 e. The van der Waals surface area contributed by atoms with Gasteiger partial charge in [-0.1, -0.05) is 6.07 Å². The Hall–Kier alpha value is -3.27. The summed E-state index contributed by atoms with van der Waals surface area (Å²) in [6, 6.07) is 9.42. The van der Waals surface area contributed by atoms with E-state index < -0.39 is 0 Å². The van der Waals surface area contributed by atoms with Crippen LogP contribution in [0.2, 0.25) is 0 Å². The monoisotopic (exact) mass is 415 g/mol. The normalized spacial score (nSPS) is 28.6. The Balaban J connectivity index is 1.24. The highest BCUT2D eigenvalue weighted by atomic mass is 16.5. The summed E-state index contributed by atoms with van der Waals surface area (Å²) in [4.78, 5) is 22.2. The maximum atomic E-state index is 13.5. The van der Waals surface area contributed by atoms with Gasteiger partial charge in [-0.3, -0.25) is 9.78 Å². The number of hydrazone groups is 1. The van der Waals surface area contributed by atoms with Gasteiger partial charge >= 0.3 is 0 Å². The van der Waals surface area contributed by atoms with Crippen LogP contribution in [0.15, 0.2) is 41.8 Å². The van der Waals surface area contributed by atoms with Crippen LogP contribution in [0.5, 0.6) is 5.88 Å². The van der Waals surface area contributed by atoms with Crippen molar-refractivity contribution in [1.82, 2.24) is 15.0 Å². The summed E-state index contributed by atoms with van der Waals surface area (Å²) in [6.07, 6.45) is 8.88. The molecule has 3 fully saturated rings. The van der Waals surface area contributed by atoms with Crippen LogP contribution in [0.25, 0.3) is 0 Å². The Morgan fingerprint density at radius 1 is 1.16 bits per heavy atom. The summed E-state index contributed by atoms with van der Waals surface area (Å²) in [5.41, 5.74) is 2.51. The molecular weight excluding hydrogens is 390 g/mol. The molecule has 31 heavy (non-hydrogen) atoms. The van der Waals surface area contributed by atoms with Crippen LogP contribution in [0.1, 0.15) is 48.5 Å². The maximum Gasteiger partial charge on any atom is 0.246 e. The number of aromatic nitrogens is 2. The molecule has 0 radical (unpaired) electrons. The highest BCUT2D eigenvalue weighted by Crippen LogP contribution is 2.53. The lowest BCUT2D eigenvalue weighted by atomic mass is 9.55. The fourth-order valence-corrected chi connectivity index (χ4v) is 5.08. The molecule has 0 N–H and O–H groups in total. The molecule has 2 bridgehead atoms. The van der Waals surface area contributed by atoms with E-state index in [2.05, 4.69) is 21.1 Å². The molecule has 3 unspecified atom stereocenters. The van der Waals surface area contributed by atoms with Gasteiger partial charge in [0.25, 0.3) is 0 Å². The van der Waals surface area contributed by atoms with Crippen LogP contribution in [0.3, 0.4) is 0 Å². The zero-order valence-corrected chi connectivity index (χ0v) is 17.5. The van der Waals surface area contributed by atoms with Crippen molar-refractivity contribution in [2.75, 3.05) is 6.61 Å². The maximum absolute atomic E-state index is 13.5. The second-order valence-corrected chi connectivity index (χ2v) is 8.89. The quantitative estimate of drug-likeness (QED) is 0.743. The molecule has 0 spiro atoms. The van der Waals surface area contributed by atoms with E-state index in [1.807, 2.05) is 31.5 Å². The molecular formula is C24H25N5O2. The molecule has 4 aliphatic rings. The highest BCUT2D eigenvalue weighted by Gasteiger charge is 2.50. The minimum Gasteiger partial charge on any atom is -0.477 e. The van der Waals surface area contributed by atoms with Crippen molar-refractivity contribution in [3.05, 3.63) is 53.5 Å². The van der Waals surface area contributed by atoms with Crippen molar-refractivity contribution >= 4 is 12.1 Å². The first-order chi connectivity index (χ1) is 15.1. The van der Waals surface area contributed by atoms with Gasteiger partial charge in [0.05, 0.1) is 17.9 Å². The Morgan fingerprint density at radius 2 is 2.03 bits per heavy atom. The van der Waals surface area contributed by atoms with E-state index in [0.717, 1.165) is 30.5 Å². The van der Waals surface area contributed by atoms with E-state index in [9.17, 15) is 4.79 Å². The molecule has 3 saturated carbocycles. The molecule has 158 valence electrons. The van der Waals surface area contributed by atoms with Crippen molar-refractivity contribution in [3.8, 4) is 11.9 Å². The van der Waals surface area contributed by atoms with Crippen molar-refractivity contribution in [2.24, 2.45) is 28.8 Å². The van der Waals surface area contributed by atoms with Gasteiger partial charge in [0, 0.05) is 37.0 Å². The number of fused-ring (bicyclic) bond motifs is 2. The van der Waals surface area contributed by atoms with Crippen molar-refractivity contribution in [1.29, 1.82) is 5.26 Å². The first-order valence-corrected chi connectivity index (χ1v) is 10.9. The largest absolute Gasteiger partial charge is 0.477 e. The van der Waals surface area contributed by atoms with Crippen LogP contribution in [-0.4, -0.2) is 33.7 Å². The highest BCUT2D eigenvalue weighted by molar-refractivity contribution is 5.82. The van der Waals surface area contributed by atoms with Crippen LogP contribution in [-0.2, 0) is 4.79 Å². The van der Waals surface area contributed by atoms with Gasteiger partial charge in [0.2, 0.25) is 11.8 Å². The average molecular weight is 415 g/mol. The Kier molecular flexibility index (Phi) is 5.14. The molecule has 7 nitrogen and oxygen atoms in total. The Morgan fingerprint density at radius 3 is 2.74 bits per heavy atom. The Bertz CT molecular complexity index is 1020. The molecule has 0 saturated heterocycles. The number of rotatable bonds is 5.